The quantitative estimate of drug-likeness (QED) is 0.0905. The molecule has 8 rings (SSSR count). The molecule has 3 amide bonds. The highest BCUT2D eigenvalue weighted by Crippen LogP contribution is 2.35. The van der Waals surface area contributed by atoms with E-state index >= 15 is 0 Å². The minimum absolute atomic E-state index is 0.172. The van der Waals surface area contributed by atoms with E-state index in [9.17, 15) is 19.2 Å². The summed E-state index contributed by atoms with van der Waals surface area (Å²) in [6.07, 6.45) is 4.59. The molecule has 3 fully saturated rings. The van der Waals surface area contributed by atoms with Crippen LogP contribution in [0.3, 0.4) is 0 Å². The second kappa shape index (κ2) is 18.7. The molecule has 0 saturated carbocycles. The fourth-order valence-electron chi connectivity index (χ4n) is 8.26. The third-order valence-corrected chi connectivity index (χ3v) is 12.8. The zero-order valence-corrected chi connectivity index (χ0v) is 34.6. The van der Waals surface area contributed by atoms with E-state index in [1.54, 1.807) is 23.9 Å². The molecule has 3 saturated heterocycles. The number of benzene rings is 3. The van der Waals surface area contributed by atoms with Gasteiger partial charge in [-0.3, -0.25) is 34.3 Å². The summed E-state index contributed by atoms with van der Waals surface area (Å²) in [6, 6.07) is 22.3. The Morgan fingerprint density at radius 3 is 2.27 bits per heavy atom. The van der Waals surface area contributed by atoms with Crippen LogP contribution in [0, 0.1) is 0 Å². The van der Waals surface area contributed by atoms with Crippen LogP contribution in [-0.4, -0.2) is 141 Å². The minimum atomic E-state index is -0.749. The predicted octanol–water partition coefficient (Wildman–Crippen LogP) is 4.60. The molecular formula is C44H50N10O5S. The number of fused-ring (bicyclic) bond motifs is 1. The van der Waals surface area contributed by atoms with Gasteiger partial charge >= 0.3 is 0 Å². The number of aldehydes is 1. The second-order valence-electron chi connectivity index (χ2n) is 15.5. The number of likely N-dealkylation sites (N-methyl/N-ethyl adjacent to an activating group) is 1. The van der Waals surface area contributed by atoms with Crippen LogP contribution in [0.25, 0.3) is 22.3 Å². The number of anilines is 1. The third kappa shape index (κ3) is 9.36. The first-order valence-corrected chi connectivity index (χ1v) is 21.5. The van der Waals surface area contributed by atoms with E-state index < -0.39 is 17.9 Å². The lowest BCUT2D eigenvalue weighted by atomic mass is 10.0. The maximum atomic E-state index is 13.2. The molecule has 0 spiro atoms. The monoisotopic (exact) mass is 830 g/mol. The van der Waals surface area contributed by atoms with Crippen molar-refractivity contribution < 1.29 is 23.9 Å². The number of ether oxygens (including phenoxy) is 1. The number of para-hydroxylation sites is 1. The van der Waals surface area contributed by atoms with Crippen molar-refractivity contribution in [2.75, 3.05) is 77.4 Å². The lowest BCUT2D eigenvalue weighted by molar-refractivity contribution is -0.136. The number of imide groups is 1. The molecule has 16 heteroatoms. The Balaban J connectivity index is 0.774. The van der Waals surface area contributed by atoms with Crippen LogP contribution >= 0.6 is 11.8 Å². The number of amides is 3. The van der Waals surface area contributed by atoms with Gasteiger partial charge < -0.3 is 20.3 Å². The van der Waals surface area contributed by atoms with Crippen LogP contribution in [0.15, 0.2) is 84.0 Å². The number of nitrogens with zero attached hydrogens (tertiary/aromatic N) is 8. The lowest BCUT2D eigenvalue weighted by Gasteiger charge is -2.37. The molecule has 0 aliphatic carbocycles. The van der Waals surface area contributed by atoms with Gasteiger partial charge in [-0.15, -0.1) is 11.8 Å². The summed E-state index contributed by atoms with van der Waals surface area (Å²) in [6.45, 7) is 9.03. The van der Waals surface area contributed by atoms with Gasteiger partial charge in [-0.1, -0.05) is 18.2 Å². The van der Waals surface area contributed by atoms with Crippen LogP contribution in [0.4, 0.5) is 5.82 Å². The number of thioether (sulfide) groups is 1. The molecule has 5 aromatic rings. The van der Waals surface area contributed by atoms with Gasteiger partial charge in [0.15, 0.2) is 11.9 Å². The van der Waals surface area contributed by atoms with Crippen molar-refractivity contribution in [2.24, 2.45) is 0 Å². The molecule has 0 bridgehead atoms. The van der Waals surface area contributed by atoms with Gasteiger partial charge in [0, 0.05) is 94.1 Å². The summed E-state index contributed by atoms with van der Waals surface area (Å²) in [5, 5.41) is 8.17. The Bertz CT molecular complexity index is 2330. The Morgan fingerprint density at radius 1 is 0.883 bits per heavy atom. The summed E-state index contributed by atoms with van der Waals surface area (Å²) in [4.78, 5) is 67.8. The topological polar surface area (TPSA) is 172 Å². The first kappa shape index (κ1) is 41.1. The summed E-state index contributed by atoms with van der Waals surface area (Å²) >= 11 is 1.66. The van der Waals surface area contributed by atoms with E-state index in [0.717, 1.165) is 116 Å². The molecule has 1 unspecified atom stereocenters. The van der Waals surface area contributed by atoms with E-state index in [1.807, 2.05) is 60.7 Å². The maximum Gasteiger partial charge on any atom is 0.255 e. The number of hydrogen-bond acceptors (Lipinski definition) is 13. The van der Waals surface area contributed by atoms with Crippen molar-refractivity contribution in [2.45, 2.75) is 42.7 Å². The largest absolute Gasteiger partial charge is 0.457 e. The molecule has 5 heterocycles. The number of nitrogens with two attached hydrogens (primary N) is 1. The number of nitrogen functional groups attached to an aromatic ring is 1. The average Bonchev–Trinajstić information content (AvgIpc) is 3.67. The molecular weight excluding hydrogens is 781 g/mol. The minimum Gasteiger partial charge on any atom is -0.457 e. The summed E-state index contributed by atoms with van der Waals surface area (Å²) < 4.78 is 8.07. The van der Waals surface area contributed by atoms with Crippen LogP contribution in [-0.2, 0) is 9.59 Å². The zero-order chi connectivity index (χ0) is 41.6. The molecule has 3 aromatic carbocycles. The number of nitrogens with one attached hydrogen (secondary N) is 1. The van der Waals surface area contributed by atoms with Crippen molar-refractivity contribution in [3.8, 4) is 22.8 Å². The Kier molecular flexibility index (Phi) is 12.8. The predicted molar refractivity (Wildman–Crippen MR) is 230 cm³/mol. The summed E-state index contributed by atoms with van der Waals surface area (Å²) in [7, 11) is 1.53. The Hall–Kier alpha value is -5.68. The van der Waals surface area contributed by atoms with Gasteiger partial charge in [0.1, 0.15) is 35.4 Å². The number of carbonyl (C=O) groups excluding carboxylic acids is 4. The smallest absolute Gasteiger partial charge is 0.255 e. The van der Waals surface area contributed by atoms with E-state index in [-0.39, 0.29) is 30.4 Å². The first-order valence-electron chi connectivity index (χ1n) is 20.6. The number of likely N-dealkylation sites (tertiary alicyclic amines) is 1. The van der Waals surface area contributed by atoms with Crippen LogP contribution in [0.5, 0.6) is 11.5 Å². The number of rotatable bonds is 14. The van der Waals surface area contributed by atoms with Crippen molar-refractivity contribution in [3.63, 3.8) is 0 Å². The van der Waals surface area contributed by atoms with Gasteiger partial charge in [-0.2, -0.15) is 5.10 Å². The maximum absolute atomic E-state index is 13.2. The molecule has 15 nitrogen and oxygen atoms in total. The number of aromatic nitrogens is 4. The Morgan fingerprint density at radius 2 is 1.57 bits per heavy atom. The van der Waals surface area contributed by atoms with Gasteiger partial charge in [0.25, 0.3) is 5.91 Å². The molecule has 3 aliphatic heterocycles. The highest BCUT2D eigenvalue weighted by molar-refractivity contribution is 7.99. The molecule has 3 aliphatic rings. The lowest BCUT2D eigenvalue weighted by Crippen LogP contribution is -2.53. The van der Waals surface area contributed by atoms with E-state index in [4.69, 9.17) is 15.6 Å². The SMILES string of the molecule is CN(C(=O)c1ccc(SCCN2CCN(CCN3CCC(n4nc(-c5ccc(Oc6ccccc6)cc5)c5c(N)ncnc54)CC3)CC2)cc1C=O)C1CCC(=O)NC1=O. The fourth-order valence-corrected chi connectivity index (χ4v) is 9.22. The summed E-state index contributed by atoms with van der Waals surface area (Å²) in [5.41, 5.74) is 9.45. The molecule has 0 radical (unpaired) electrons. The van der Waals surface area contributed by atoms with Crippen molar-refractivity contribution in [1.29, 1.82) is 0 Å². The van der Waals surface area contributed by atoms with E-state index in [2.05, 4.69) is 34.7 Å². The van der Waals surface area contributed by atoms with Gasteiger partial charge in [-0.05, 0) is 73.9 Å². The second-order valence-corrected chi connectivity index (χ2v) is 16.7. The number of piperidine rings is 2. The third-order valence-electron chi connectivity index (χ3n) is 11.8. The highest BCUT2D eigenvalue weighted by Gasteiger charge is 2.33. The highest BCUT2D eigenvalue weighted by atomic mass is 32.2. The molecule has 312 valence electrons. The van der Waals surface area contributed by atoms with Crippen molar-refractivity contribution in [1.82, 2.24) is 44.7 Å². The molecule has 60 heavy (non-hydrogen) atoms. The molecule has 1 atom stereocenters. The first-order chi connectivity index (χ1) is 29.2. The van der Waals surface area contributed by atoms with Crippen molar-refractivity contribution in [3.05, 3.63) is 90.3 Å². The van der Waals surface area contributed by atoms with Gasteiger partial charge in [0.2, 0.25) is 11.8 Å². The molecule has 3 N–H and O–H groups in total. The summed E-state index contributed by atoms with van der Waals surface area (Å²) in [5.74, 6) is 1.56. The van der Waals surface area contributed by atoms with Gasteiger partial charge in [0.05, 0.1) is 17.0 Å². The van der Waals surface area contributed by atoms with Gasteiger partial charge in [-0.25, -0.2) is 14.6 Å². The van der Waals surface area contributed by atoms with E-state index in [1.165, 1.54) is 18.3 Å². The van der Waals surface area contributed by atoms with Crippen molar-refractivity contribution >= 4 is 52.6 Å². The standard InChI is InChI=1S/C44H50N10O5S/c1-50(37-13-14-38(56)48-43(37)57)44(58)36-12-11-35(27-31(36)28-55)60-26-25-53-23-21-52(22-24-53)20-19-51-17-15-32(16-18-51)54-42-39(41(45)46-29-47-42)40(49-54)30-7-9-34(10-8-30)59-33-5-3-2-4-6-33/h2-12,27-29,32,37H,13-26H2,1H3,(H2,45,46,47)(H,48,56,57). The average molecular weight is 831 g/mol. The number of piperazine rings is 1. The molecule has 2 aromatic heterocycles. The van der Waals surface area contributed by atoms with Crippen LogP contribution in [0.2, 0.25) is 0 Å². The number of carbonyl (C=O) groups is 4. The fraction of sp³-hybridized carbons (Fsp3) is 0.386. The van der Waals surface area contributed by atoms with Crippen LogP contribution < -0.4 is 15.8 Å². The Labute approximate surface area is 353 Å². The number of hydrogen-bond donors (Lipinski definition) is 2. The van der Waals surface area contributed by atoms with E-state index in [0.29, 0.717) is 17.7 Å². The van der Waals surface area contributed by atoms with Crippen LogP contribution in [0.1, 0.15) is 52.4 Å². The zero-order valence-electron chi connectivity index (χ0n) is 33.7. The normalized spacial score (nSPS) is 18.4.